The summed E-state index contributed by atoms with van der Waals surface area (Å²) in [4.78, 5) is 20.8. The van der Waals surface area contributed by atoms with Gasteiger partial charge in [0.05, 0.1) is 11.8 Å². The van der Waals surface area contributed by atoms with Crippen molar-refractivity contribution in [1.82, 2.24) is 15.3 Å². The molecular weight excluding hydrogens is 342 g/mol. The van der Waals surface area contributed by atoms with Crippen LogP contribution in [0.1, 0.15) is 41.6 Å². The molecule has 4 rings (SSSR count). The Morgan fingerprint density at radius 3 is 2.81 bits per heavy atom. The predicted molar refractivity (Wildman–Crippen MR) is 100 cm³/mol. The van der Waals surface area contributed by atoms with Crippen molar-refractivity contribution in [3.63, 3.8) is 0 Å². The van der Waals surface area contributed by atoms with Gasteiger partial charge >= 0.3 is 0 Å². The van der Waals surface area contributed by atoms with E-state index in [0.29, 0.717) is 18.0 Å². The lowest BCUT2D eigenvalue weighted by Gasteiger charge is -2.12. The number of rotatable bonds is 6. The molecule has 0 atom stereocenters. The lowest BCUT2D eigenvalue weighted by Crippen LogP contribution is -2.23. The van der Waals surface area contributed by atoms with E-state index in [1.807, 2.05) is 18.2 Å². The van der Waals surface area contributed by atoms with Crippen LogP contribution >= 0.6 is 0 Å². The maximum atomic E-state index is 12.4. The Hall–Kier alpha value is -3.15. The van der Waals surface area contributed by atoms with E-state index in [1.54, 1.807) is 37.0 Å². The van der Waals surface area contributed by atoms with Gasteiger partial charge in [-0.25, -0.2) is 4.98 Å². The van der Waals surface area contributed by atoms with Gasteiger partial charge in [-0.15, -0.1) is 0 Å². The minimum absolute atomic E-state index is 0.182. The van der Waals surface area contributed by atoms with E-state index in [-0.39, 0.29) is 12.0 Å². The summed E-state index contributed by atoms with van der Waals surface area (Å²) in [6.07, 6.45) is 11.5. The van der Waals surface area contributed by atoms with Crippen molar-refractivity contribution in [3.05, 3.63) is 66.3 Å². The maximum Gasteiger partial charge on any atom is 0.253 e. The highest BCUT2D eigenvalue weighted by atomic mass is 16.5. The van der Waals surface area contributed by atoms with Gasteiger partial charge in [-0.3, -0.25) is 9.78 Å². The molecule has 0 aromatic carbocycles. The summed E-state index contributed by atoms with van der Waals surface area (Å²) >= 11 is 0. The molecule has 3 aromatic heterocycles. The zero-order chi connectivity index (χ0) is 18.5. The number of furan rings is 1. The van der Waals surface area contributed by atoms with Crippen molar-refractivity contribution in [1.29, 1.82) is 0 Å². The Kier molecular flexibility index (Phi) is 5.14. The molecule has 6 heteroatoms. The number of nitrogens with one attached hydrogen (secondary N) is 1. The van der Waals surface area contributed by atoms with Crippen LogP contribution in [-0.4, -0.2) is 22.0 Å². The largest absolute Gasteiger partial charge is 0.474 e. The topological polar surface area (TPSA) is 77.2 Å². The molecule has 0 aliphatic heterocycles. The average Bonchev–Trinajstić information content (AvgIpc) is 3.41. The van der Waals surface area contributed by atoms with Crippen LogP contribution in [0.2, 0.25) is 0 Å². The zero-order valence-electron chi connectivity index (χ0n) is 14.9. The molecule has 3 heterocycles. The molecule has 0 bridgehead atoms. The van der Waals surface area contributed by atoms with Crippen LogP contribution in [0.15, 0.2) is 59.6 Å². The van der Waals surface area contributed by atoms with Crippen molar-refractivity contribution >= 4 is 5.91 Å². The Bertz CT molecular complexity index is 885. The van der Waals surface area contributed by atoms with E-state index in [0.717, 1.165) is 29.7 Å². The second kappa shape index (κ2) is 8.03. The molecule has 1 aliphatic rings. The fraction of sp³-hybridized carbons (Fsp3) is 0.286. The normalized spacial score (nSPS) is 14.2. The number of hydrogen-bond donors (Lipinski definition) is 1. The van der Waals surface area contributed by atoms with Gasteiger partial charge in [0, 0.05) is 36.8 Å². The quantitative estimate of drug-likeness (QED) is 0.716. The Morgan fingerprint density at radius 2 is 2.07 bits per heavy atom. The molecular formula is C21H21N3O3. The van der Waals surface area contributed by atoms with Crippen molar-refractivity contribution in [2.75, 3.05) is 0 Å². The van der Waals surface area contributed by atoms with Gasteiger partial charge in [0.1, 0.15) is 11.9 Å². The second-order valence-corrected chi connectivity index (χ2v) is 6.65. The summed E-state index contributed by atoms with van der Waals surface area (Å²) in [5, 5.41) is 2.89. The van der Waals surface area contributed by atoms with Crippen molar-refractivity contribution in [2.45, 2.75) is 38.3 Å². The highest BCUT2D eigenvalue weighted by Gasteiger charge is 2.17. The first-order valence-corrected chi connectivity index (χ1v) is 9.16. The molecule has 1 saturated carbocycles. The molecule has 0 radical (unpaired) electrons. The number of carbonyl (C=O) groups is 1. The van der Waals surface area contributed by atoms with Gasteiger partial charge in [0.15, 0.2) is 0 Å². The van der Waals surface area contributed by atoms with Crippen LogP contribution in [0.5, 0.6) is 5.88 Å². The lowest BCUT2D eigenvalue weighted by atomic mass is 10.1. The fourth-order valence-corrected chi connectivity index (χ4v) is 3.21. The number of amides is 1. The highest BCUT2D eigenvalue weighted by Crippen LogP contribution is 2.23. The third kappa shape index (κ3) is 4.34. The number of ether oxygens (including phenoxy) is 1. The van der Waals surface area contributed by atoms with Gasteiger partial charge in [-0.2, -0.15) is 0 Å². The molecule has 0 saturated heterocycles. The Balaban J connectivity index is 1.34. The number of hydrogen-bond acceptors (Lipinski definition) is 5. The van der Waals surface area contributed by atoms with Crippen LogP contribution in [0, 0.1) is 0 Å². The van der Waals surface area contributed by atoms with Crippen molar-refractivity contribution in [2.24, 2.45) is 0 Å². The van der Waals surface area contributed by atoms with Crippen LogP contribution in [0.4, 0.5) is 0 Å². The number of carbonyl (C=O) groups excluding carboxylic acids is 1. The predicted octanol–water partition coefficient (Wildman–Crippen LogP) is 3.99. The molecule has 1 aliphatic carbocycles. The molecule has 1 fully saturated rings. The average molecular weight is 363 g/mol. The van der Waals surface area contributed by atoms with Gasteiger partial charge in [0.2, 0.25) is 5.88 Å². The van der Waals surface area contributed by atoms with E-state index in [1.165, 1.54) is 12.8 Å². The number of pyridine rings is 2. The van der Waals surface area contributed by atoms with Gasteiger partial charge in [-0.05, 0) is 55.5 Å². The molecule has 6 nitrogen and oxygen atoms in total. The van der Waals surface area contributed by atoms with Crippen LogP contribution in [0.3, 0.4) is 0 Å². The summed E-state index contributed by atoms with van der Waals surface area (Å²) in [6.45, 7) is 0.376. The highest BCUT2D eigenvalue weighted by molar-refractivity contribution is 5.93. The van der Waals surface area contributed by atoms with Crippen LogP contribution < -0.4 is 10.1 Å². The third-order valence-corrected chi connectivity index (χ3v) is 4.64. The first kappa shape index (κ1) is 17.3. The van der Waals surface area contributed by atoms with Crippen LogP contribution in [-0.2, 0) is 6.54 Å². The summed E-state index contributed by atoms with van der Waals surface area (Å²) < 4.78 is 11.2. The van der Waals surface area contributed by atoms with E-state index in [9.17, 15) is 4.79 Å². The molecule has 0 unspecified atom stereocenters. The van der Waals surface area contributed by atoms with Gasteiger partial charge in [0.25, 0.3) is 5.91 Å². The van der Waals surface area contributed by atoms with E-state index in [2.05, 4.69) is 15.3 Å². The third-order valence-electron chi connectivity index (χ3n) is 4.64. The molecule has 1 amide bonds. The van der Waals surface area contributed by atoms with Gasteiger partial charge < -0.3 is 14.5 Å². The molecule has 3 aromatic rings. The summed E-state index contributed by atoms with van der Waals surface area (Å²) in [5.74, 6) is 1.14. The van der Waals surface area contributed by atoms with E-state index >= 15 is 0 Å². The first-order chi connectivity index (χ1) is 13.3. The standard InChI is InChI=1S/C21H21N3O3/c25-21(16-7-8-20(23-14-16)27-18-4-1-2-5-18)24-12-15-10-17(13-22-11-15)19-6-3-9-26-19/h3,6-11,13-14,18H,1-2,4-5,12H2,(H,24,25). The smallest absolute Gasteiger partial charge is 0.253 e. The summed E-state index contributed by atoms with van der Waals surface area (Å²) in [5.41, 5.74) is 2.28. The van der Waals surface area contributed by atoms with Gasteiger partial charge in [-0.1, -0.05) is 0 Å². The first-order valence-electron chi connectivity index (χ1n) is 9.16. The van der Waals surface area contributed by atoms with Crippen LogP contribution in [0.25, 0.3) is 11.3 Å². The summed E-state index contributed by atoms with van der Waals surface area (Å²) in [7, 11) is 0. The second-order valence-electron chi connectivity index (χ2n) is 6.65. The zero-order valence-corrected chi connectivity index (χ0v) is 14.9. The minimum atomic E-state index is -0.182. The lowest BCUT2D eigenvalue weighted by molar-refractivity contribution is 0.0950. The maximum absolute atomic E-state index is 12.4. The SMILES string of the molecule is O=C(NCc1cncc(-c2ccco2)c1)c1ccc(OC2CCCC2)nc1. The molecule has 0 spiro atoms. The Morgan fingerprint density at radius 1 is 1.19 bits per heavy atom. The van der Waals surface area contributed by atoms with Crippen molar-refractivity contribution in [3.8, 4) is 17.2 Å². The van der Waals surface area contributed by atoms with E-state index in [4.69, 9.17) is 9.15 Å². The number of nitrogens with zero attached hydrogens (tertiary/aromatic N) is 2. The molecule has 27 heavy (non-hydrogen) atoms. The molecule has 1 N–H and O–H groups in total. The van der Waals surface area contributed by atoms with Crippen molar-refractivity contribution < 1.29 is 13.9 Å². The minimum Gasteiger partial charge on any atom is -0.474 e. The molecule has 138 valence electrons. The monoisotopic (exact) mass is 363 g/mol. The summed E-state index contributed by atoms with van der Waals surface area (Å²) in [6, 6.07) is 9.15. The fourth-order valence-electron chi connectivity index (χ4n) is 3.21. The van der Waals surface area contributed by atoms with E-state index < -0.39 is 0 Å². The number of aromatic nitrogens is 2. The Labute approximate surface area is 157 Å².